The van der Waals surface area contributed by atoms with Crippen molar-refractivity contribution < 1.29 is 4.79 Å². The molecule has 0 aliphatic rings. The molecule has 1 aromatic heterocycles. The maximum atomic E-state index is 11.8. The molecule has 0 saturated carbocycles. The number of rotatable bonds is 2. The number of aromatic nitrogens is 1. The lowest BCUT2D eigenvalue weighted by molar-refractivity contribution is 0.0929. The van der Waals surface area contributed by atoms with E-state index in [4.69, 9.17) is 28.5 Å². The molecule has 1 rings (SSSR count). The first-order valence-electron chi connectivity index (χ1n) is 4.40. The van der Waals surface area contributed by atoms with E-state index in [1.807, 2.05) is 6.07 Å². The van der Waals surface area contributed by atoms with E-state index in [-0.39, 0.29) is 15.7 Å². The van der Waals surface area contributed by atoms with Crippen molar-refractivity contribution in [2.45, 2.75) is 19.4 Å². The molecular weight excluding hydrogens is 249 g/mol. The number of carbonyl (C=O) groups excluding carboxylic acids is 1. The number of hydrogen-bond donors (Lipinski definition) is 1. The molecule has 0 unspecified atom stereocenters. The van der Waals surface area contributed by atoms with Crippen LogP contribution in [0.4, 0.5) is 0 Å². The summed E-state index contributed by atoms with van der Waals surface area (Å²) in [5.41, 5.74) is -0.763. The van der Waals surface area contributed by atoms with Crippen LogP contribution < -0.4 is 5.32 Å². The third kappa shape index (κ3) is 3.09. The van der Waals surface area contributed by atoms with Crippen molar-refractivity contribution in [3.05, 3.63) is 28.0 Å². The van der Waals surface area contributed by atoms with Crippen LogP contribution in [0, 0.1) is 11.3 Å². The molecule has 1 amide bonds. The lowest BCUT2D eigenvalue weighted by Crippen LogP contribution is -2.42. The molecule has 0 aliphatic heterocycles. The van der Waals surface area contributed by atoms with E-state index in [0.717, 1.165) is 0 Å². The summed E-state index contributed by atoms with van der Waals surface area (Å²) in [4.78, 5) is 15.5. The van der Waals surface area contributed by atoms with Crippen LogP contribution in [-0.4, -0.2) is 16.4 Å². The van der Waals surface area contributed by atoms with Crippen molar-refractivity contribution >= 4 is 29.1 Å². The Kier molecular flexibility index (Phi) is 3.74. The van der Waals surface area contributed by atoms with E-state index >= 15 is 0 Å². The molecule has 1 heterocycles. The number of pyridine rings is 1. The maximum absolute atomic E-state index is 11.8. The van der Waals surface area contributed by atoms with Crippen LogP contribution in [0.3, 0.4) is 0 Å². The summed E-state index contributed by atoms with van der Waals surface area (Å²) in [7, 11) is 0. The molecule has 0 aromatic carbocycles. The van der Waals surface area contributed by atoms with Crippen molar-refractivity contribution in [3.8, 4) is 6.07 Å². The highest BCUT2D eigenvalue weighted by Gasteiger charge is 2.21. The van der Waals surface area contributed by atoms with Gasteiger partial charge in [0.15, 0.2) is 0 Å². The molecule has 16 heavy (non-hydrogen) atoms. The topological polar surface area (TPSA) is 65.8 Å². The average Bonchev–Trinajstić information content (AvgIpc) is 2.21. The van der Waals surface area contributed by atoms with E-state index in [1.165, 1.54) is 12.3 Å². The summed E-state index contributed by atoms with van der Waals surface area (Å²) in [6, 6.07) is 3.31. The van der Waals surface area contributed by atoms with Gasteiger partial charge in [0.2, 0.25) is 0 Å². The molecule has 1 aromatic rings. The molecule has 0 bridgehead atoms. The second kappa shape index (κ2) is 4.69. The second-order valence-electron chi connectivity index (χ2n) is 3.68. The third-order valence-corrected chi connectivity index (χ3v) is 2.28. The Labute approximate surface area is 103 Å². The van der Waals surface area contributed by atoms with Crippen molar-refractivity contribution in [1.82, 2.24) is 10.3 Å². The smallest absolute Gasteiger partial charge is 0.254 e. The summed E-state index contributed by atoms with van der Waals surface area (Å²) in [6.45, 7) is 3.17. The fourth-order valence-corrected chi connectivity index (χ4v) is 1.31. The minimum Gasteiger partial charge on any atom is -0.334 e. The Morgan fingerprint density at radius 3 is 2.75 bits per heavy atom. The number of carbonyl (C=O) groups is 1. The van der Waals surface area contributed by atoms with Gasteiger partial charge in [-0.15, -0.1) is 0 Å². The van der Waals surface area contributed by atoms with Crippen LogP contribution in [0.15, 0.2) is 12.3 Å². The molecule has 0 spiro atoms. The Morgan fingerprint density at radius 2 is 2.19 bits per heavy atom. The van der Waals surface area contributed by atoms with Crippen molar-refractivity contribution in [2.75, 3.05) is 0 Å². The van der Waals surface area contributed by atoms with Gasteiger partial charge in [-0.2, -0.15) is 5.26 Å². The van der Waals surface area contributed by atoms with Crippen molar-refractivity contribution in [2.24, 2.45) is 0 Å². The van der Waals surface area contributed by atoms with Gasteiger partial charge in [-0.3, -0.25) is 4.79 Å². The van der Waals surface area contributed by atoms with E-state index < -0.39 is 11.4 Å². The third-order valence-electron chi connectivity index (χ3n) is 1.77. The van der Waals surface area contributed by atoms with Gasteiger partial charge >= 0.3 is 0 Å². The number of nitriles is 1. The molecule has 0 saturated heterocycles. The van der Waals surface area contributed by atoms with Crippen LogP contribution in [0.5, 0.6) is 0 Å². The summed E-state index contributed by atoms with van der Waals surface area (Å²) in [5, 5.41) is 11.7. The molecule has 0 fully saturated rings. The van der Waals surface area contributed by atoms with Crippen LogP contribution >= 0.6 is 23.2 Å². The lowest BCUT2D eigenvalue weighted by Gasteiger charge is -2.17. The van der Waals surface area contributed by atoms with Crippen LogP contribution in [-0.2, 0) is 0 Å². The summed E-state index contributed by atoms with van der Waals surface area (Å²) in [6.07, 6.45) is 1.29. The quantitative estimate of drug-likeness (QED) is 0.828. The molecule has 1 N–H and O–H groups in total. The van der Waals surface area contributed by atoms with Gasteiger partial charge in [0.05, 0.1) is 16.7 Å². The highest BCUT2D eigenvalue weighted by atomic mass is 35.5. The molecule has 0 radical (unpaired) electrons. The number of nitrogens with zero attached hydrogens (tertiary/aromatic N) is 2. The van der Waals surface area contributed by atoms with Crippen molar-refractivity contribution in [1.29, 1.82) is 5.26 Å². The van der Waals surface area contributed by atoms with Gasteiger partial charge in [0.25, 0.3) is 5.91 Å². The first kappa shape index (κ1) is 12.8. The molecule has 6 heteroatoms. The van der Waals surface area contributed by atoms with Gasteiger partial charge in [-0.1, -0.05) is 23.2 Å². The van der Waals surface area contributed by atoms with E-state index in [9.17, 15) is 4.79 Å². The minimum atomic E-state index is -0.962. The Bertz CT molecular complexity index is 466. The van der Waals surface area contributed by atoms with Gasteiger partial charge in [0, 0.05) is 6.20 Å². The molecule has 4 nitrogen and oxygen atoms in total. The Balaban J connectivity index is 2.98. The fourth-order valence-electron chi connectivity index (χ4n) is 0.966. The Morgan fingerprint density at radius 1 is 1.56 bits per heavy atom. The number of nitrogens with one attached hydrogen (secondary N) is 1. The predicted molar refractivity (Wildman–Crippen MR) is 61.4 cm³/mol. The fraction of sp³-hybridized carbons (Fsp3) is 0.300. The zero-order valence-corrected chi connectivity index (χ0v) is 10.2. The van der Waals surface area contributed by atoms with Gasteiger partial charge in [-0.25, -0.2) is 4.98 Å². The maximum Gasteiger partial charge on any atom is 0.254 e. The standard InChI is InChI=1S/C10H9Cl2N3O/c1-10(2,5-13)15-9(16)6-3-8(12)14-4-7(6)11/h3-4H,1-2H3,(H,15,16). The first-order valence-corrected chi connectivity index (χ1v) is 5.16. The summed E-state index contributed by atoms with van der Waals surface area (Å²) in [5.74, 6) is -0.458. The summed E-state index contributed by atoms with van der Waals surface area (Å²) < 4.78 is 0. The number of hydrogen-bond acceptors (Lipinski definition) is 3. The minimum absolute atomic E-state index is 0.171. The normalized spacial score (nSPS) is 10.7. The average molecular weight is 258 g/mol. The van der Waals surface area contributed by atoms with Gasteiger partial charge < -0.3 is 5.32 Å². The van der Waals surface area contributed by atoms with E-state index in [2.05, 4.69) is 10.3 Å². The highest BCUT2D eigenvalue weighted by Crippen LogP contribution is 2.18. The van der Waals surface area contributed by atoms with E-state index in [0.29, 0.717) is 0 Å². The monoisotopic (exact) mass is 257 g/mol. The first-order chi connectivity index (χ1) is 7.35. The highest BCUT2D eigenvalue weighted by molar-refractivity contribution is 6.35. The molecule has 84 valence electrons. The van der Waals surface area contributed by atoms with E-state index in [1.54, 1.807) is 13.8 Å². The van der Waals surface area contributed by atoms with Crippen LogP contribution in [0.2, 0.25) is 10.2 Å². The molecule has 0 aliphatic carbocycles. The van der Waals surface area contributed by atoms with Gasteiger partial charge in [0.1, 0.15) is 10.7 Å². The lowest BCUT2D eigenvalue weighted by atomic mass is 10.1. The molecular formula is C10H9Cl2N3O. The zero-order valence-electron chi connectivity index (χ0n) is 8.71. The van der Waals surface area contributed by atoms with Crippen molar-refractivity contribution in [3.63, 3.8) is 0 Å². The van der Waals surface area contributed by atoms with Crippen LogP contribution in [0.25, 0.3) is 0 Å². The van der Waals surface area contributed by atoms with Crippen LogP contribution in [0.1, 0.15) is 24.2 Å². The second-order valence-corrected chi connectivity index (χ2v) is 4.47. The SMILES string of the molecule is CC(C)(C#N)NC(=O)c1cc(Cl)ncc1Cl. The summed E-state index contributed by atoms with van der Waals surface area (Å²) >= 11 is 11.4. The predicted octanol–water partition coefficient (Wildman–Crippen LogP) is 2.42. The largest absolute Gasteiger partial charge is 0.334 e. The zero-order chi connectivity index (χ0) is 12.3. The van der Waals surface area contributed by atoms with Gasteiger partial charge in [-0.05, 0) is 19.9 Å². The number of amides is 1. The Hall–Kier alpha value is -1.31. The molecule has 0 atom stereocenters. The number of halogens is 2.